The lowest BCUT2D eigenvalue weighted by Crippen LogP contribution is -2.34. The molecule has 0 amide bonds. The fourth-order valence-corrected chi connectivity index (χ4v) is 1.65. The number of aromatic amines is 1. The first-order chi connectivity index (χ1) is 5.27. The van der Waals surface area contributed by atoms with Crippen LogP contribution in [-0.2, 0) is 13.0 Å². The summed E-state index contributed by atoms with van der Waals surface area (Å²) in [7, 11) is 2.18. The summed E-state index contributed by atoms with van der Waals surface area (Å²) in [6, 6.07) is 2.86. The van der Waals surface area contributed by atoms with Crippen LogP contribution in [0.2, 0.25) is 0 Å². The Labute approximate surface area is 67.2 Å². The number of aromatic nitrogens is 1. The van der Waals surface area contributed by atoms with E-state index in [4.69, 9.17) is 0 Å². The molecular formula is C9H14N2. The van der Waals surface area contributed by atoms with Gasteiger partial charge in [-0.3, -0.25) is 4.90 Å². The topological polar surface area (TPSA) is 19.0 Å². The minimum absolute atomic E-state index is 0.682. The zero-order valence-electron chi connectivity index (χ0n) is 7.09. The first kappa shape index (κ1) is 6.92. The highest BCUT2D eigenvalue weighted by molar-refractivity contribution is 5.23. The molecule has 1 aliphatic heterocycles. The summed E-state index contributed by atoms with van der Waals surface area (Å²) in [5.74, 6) is 0. The van der Waals surface area contributed by atoms with Crippen molar-refractivity contribution in [2.75, 3.05) is 7.05 Å². The van der Waals surface area contributed by atoms with Gasteiger partial charge in [0.05, 0.1) is 0 Å². The molecule has 11 heavy (non-hydrogen) atoms. The molecule has 1 N–H and O–H groups in total. The summed E-state index contributed by atoms with van der Waals surface area (Å²) in [6.45, 7) is 3.36. The van der Waals surface area contributed by atoms with Gasteiger partial charge < -0.3 is 4.98 Å². The van der Waals surface area contributed by atoms with Crippen LogP contribution in [0.1, 0.15) is 18.2 Å². The fourth-order valence-electron chi connectivity index (χ4n) is 1.65. The fraction of sp³-hybridized carbons (Fsp3) is 0.556. The van der Waals surface area contributed by atoms with Crippen LogP contribution in [0.5, 0.6) is 0 Å². The van der Waals surface area contributed by atoms with Crippen molar-refractivity contribution in [2.45, 2.75) is 25.9 Å². The minimum Gasteiger partial charge on any atom is -0.365 e. The average molecular weight is 150 g/mol. The van der Waals surface area contributed by atoms with Crippen LogP contribution in [0, 0.1) is 0 Å². The number of H-pyrrole nitrogens is 1. The van der Waals surface area contributed by atoms with Gasteiger partial charge in [-0.25, -0.2) is 0 Å². The zero-order valence-corrected chi connectivity index (χ0v) is 7.09. The van der Waals surface area contributed by atoms with Crippen LogP contribution in [0.4, 0.5) is 0 Å². The number of nitrogens with one attached hydrogen (secondary N) is 1. The quantitative estimate of drug-likeness (QED) is 0.592. The van der Waals surface area contributed by atoms with Gasteiger partial charge in [-0.05, 0) is 25.6 Å². The summed E-state index contributed by atoms with van der Waals surface area (Å²) >= 11 is 0. The van der Waals surface area contributed by atoms with Gasteiger partial charge in [-0.1, -0.05) is 0 Å². The van der Waals surface area contributed by atoms with Crippen LogP contribution in [0.3, 0.4) is 0 Å². The molecule has 1 atom stereocenters. The molecule has 0 aliphatic carbocycles. The molecule has 0 saturated carbocycles. The van der Waals surface area contributed by atoms with Gasteiger partial charge in [-0.15, -0.1) is 0 Å². The lowest BCUT2D eigenvalue weighted by Gasteiger charge is -2.29. The summed E-state index contributed by atoms with van der Waals surface area (Å²) in [6.07, 6.45) is 3.20. The third-order valence-electron chi connectivity index (χ3n) is 2.60. The Balaban J connectivity index is 2.30. The number of fused-ring (bicyclic) bond motifs is 1. The standard InChI is InChI=1S/C9H14N2/c1-7-5-9-8(3-4-10-9)6-11(7)2/h3-4,7,10H,5-6H2,1-2H3. The third kappa shape index (κ3) is 1.07. The Hall–Kier alpha value is -0.760. The van der Waals surface area contributed by atoms with Gasteiger partial charge in [0.2, 0.25) is 0 Å². The average Bonchev–Trinajstić information content (AvgIpc) is 2.36. The number of hydrogen-bond acceptors (Lipinski definition) is 1. The van der Waals surface area contributed by atoms with Crippen molar-refractivity contribution in [3.63, 3.8) is 0 Å². The third-order valence-corrected chi connectivity index (χ3v) is 2.60. The molecule has 60 valence electrons. The molecule has 1 unspecified atom stereocenters. The molecule has 0 saturated heterocycles. The molecule has 2 heteroatoms. The van der Waals surface area contributed by atoms with E-state index in [-0.39, 0.29) is 0 Å². The smallest absolute Gasteiger partial charge is 0.0251 e. The normalized spacial score (nSPS) is 25.1. The Morgan fingerprint density at radius 3 is 3.27 bits per heavy atom. The molecule has 2 nitrogen and oxygen atoms in total. The van der Waals surface area contributed by atoms with Crippen molar-refractivity contribution >= 4 is 0 Å². The van der Waals surface area contributed by atoms with Crippen LogP contribution in [0.15, 0.2) is 12.3 Å². The molecular weight excluding hydrogens is 136 g/mol. The maximum atomic E-state index is 3.28. The first-order valence-electron chi connectivity index (χ1n) is 4.13. The van der Waals surface area contributed by atoms with Crippen LogP contribution < -0.4 is 0 Å². The van der Waals surface area contributed by atoms with E-state index in [2.05, 4.69) is 29.9 Å². The number of rotatable bonds is 0. The largest absolute Gasteiger partial charge is 0.365 e. The van der Waals surface area contributed by atoms with Crippen molar-refractivity contribution in [3.05, 3.63) is 23.5 Å². The second-order valence-corrected chi connectivity index (χ2v) is 3.45. The molecule has 1 aliphatic rings. The Morgan fingerprint density at radius 2 is 2.45 bits per heavy atom. The molecule has 2 heterocycles. The SMILES string of the molecule is CC1Cc2[nH]ccc2CN1C. The Bertz CT molecular complexity index is 227. The number of likely N-dealkylation sites (N-methyl/N-ethyl adjacent to an activating group) is 1. The van der Waals surface area contributed by atoms with Crippen molar-refractivity contribution < 1.29 is 0 Å². The number of hydrogen-bond donors (Lipinski definition) is 1. The van der Waals surface area contributed by atoms with E-state index in [1.807, 2.05) is 6.20 Å². The maximum absolute atomic E-state index is 3.28. The van der Waals surface area contributed by atoms with Crippen molar-refractivity contribution in [3.8, 4) is 0 Å². The van der Waals surface area contributed by atoms with E-state index in [1.54, 1.807) is 0 Å². The van der Waals surface area contributed by atoms with E-state index in [0.29, 0.717) is 6.04 Å². The Kier molecular flexibility index (Phi) is 1.50. The second-order valence-electron chi connectivity index (χ2n) is 3.45. The molecule has 1 aromatic heterocycles. The van der Waals surface area contributed by atoms with Gasteiger partial charge in [0.25, 0.3) is 0 Å². The summed E-state index contributed by atoms with van der Waals surface area (Å²) < 4.78 is 0. The second kappa shape index (κ2) is 2.38. The zero-order chi connectivity index (χ0) is 7.84. The van der Waals surface area contributed by atoms with Crippen LogP contribution >= 0.6 is 0 Å². The highest BCUT2D eigenvalue weighted by Crippen LogP contribution is 2.19. The lowest BCUT2D eigenvalue weighted by molar-refractivity contribution is 0.230. The lowest BCUT2D eigenvalue weighted by atomic mass is 10.0. The molecule has 1 aromatic rings. The molecule has 0 aromatic carbocycles. The van der Waals surface area contributed by atoms with Crippen LogP contribution in [-0.4, -0.2) is 23.0 Å². The highest BCUT2D eigenvalue weighted by Gasteiger charge is 2.19. The number of nitrogens with zero attached hydrogens (tertiary/aromatic N) is 1. The van der Waals surface area contributed by atoms with Crippen molar-refractivity contribution in [1.82, 2.24) is 9.88 Å². The molecule has 0 radical (unpaired) electrons. The highest BCUT2D eigenvalue weighted by atomic mass is 15.1. The predicted molar refractivity (Wildman–Crippen MR) is 45.4 cm³/mol. The van der Waals surface area contributed by atoms with Gasteiger partial charge >= 0.3 is 0 Å². The monoisotopic (exact) mass is 150 g/mol. The van der Waals surface area contributed by atoms with Gasteiger partial charge in [0, 0.05) is 30.9 Å². The van der Waals surface area contributed by atoms with E-state index in [9.17, 15) is 0 Å². The molecule has 0 spiro atoms. The van der Waals surface area contributed by atoms with Gasteiger partial charge in [0.15, 0.2) is 0 Å². The summed E-state index contributed by atoms with van der Waals surface area (Å²) in [5, 5.41) is 0. The Morgan fingerprint density at radius 1 is 1.64 bits per heavy atom. The van der Waals surface area contributed by atoms with Crippen molar-refractivity contribution in [2.24, 2.45) is 0 Å². The molecule has 0 bridgehead atoms. The van der Waals surface area contributed by atoms with Crippen LogP contribution in [0.25, 0.3) is 0 Å². The minimum atomic E-state index is 0.682. The summed E-state index contributed by atoms with van der Waals surface area (Å²) in [4.78, 5) is 5.67. The first-order valence-corrected chi connectivity index (χ1v) is 4.13. The van der Waals surface area contributed by atoms with Gasteiger partial charge in [0.1, 0.15) is 0 Å². The van der Waals surface area contributed by atoms with Crippen molar-refractivity contribution in [1.29, 1.82) is 0 Å². The van der Waals surface area contributed by atoms with E-state index in [0.717, 1.165) is 6.54 Å². The predicted octanol–water partition coefficient (Wildman–Crippen LogP) is 1.39. The summed E-state index contributed by atoms with van der Waals surface area (Å²) in [5.41, 5.74) is 2.89. The molecule has 2 rings (SSSR count). The molecule has 0 fully saturated rings. The van der Waals surface area contributed by atoms with E-state index >= 15 is 0 Å². The van der Waals surface area contributed by atoms with Gasteiger partial charge in [-0.2, -0.15) is 0 Å². The maximum Gasteiger partial charge on any atom is 0.0251 e. The van der Waals surface area contributed by atoms with E-state index in [1.165, 1.54) is 17.7 Å². The van der Waals surface area contributed by atoms with E-state index < -0.39 is 0 Å².